The fourth-order valence-corrected chi connectivity index (χ4v) is 2.50. The molecule has 0 fully saturated rings. The summed E-state index contributed by atoms with van der Waals surface area (Å²) in [5.41, 5.74) is 2.32. The van der Waals surface area contributed by atoms with Crippen LogP contribution in [0.25, 0.3) is 5.65 Å². The fourth-order valence-electron chi connectivity index (χ4n) is 2.16. The van der Waals surface area contributed by atoms with Crippen LogP contribution in [-0.4, -0.2) is 15.3 Å². The zero-order valence-corrected chi connectivity index (χ0v) is 12.6. The molecule has 21 heavy (non-hydrogen) atoms. The lowest BCUT2D eigenvalue weighted by atomic mass is 10.2. The van der Waals surface area contributed by atoms with Crippen LogP contribution in [0.3, 0.4) is 0 Å². The topological polar surface area (TPSA) is 46.4 Å². The number of carbonyl (C=O) groups is 1. The van der Waals surface area contributed by atoms with Gasteiger partial charge < -0.3 is 5.32 Å². The van der Waals surface area contributed by atoms with Gasteiger partial charge in [0.05, 0.1) is 16.4 Å². The van der Waals surface area contributed by atoms with Crippen LogP contribution in [0.4, 0.5) is 5.69 Å². The van der Waals surface area contributed by atoms with Gasteiger partial charge >= 0.3 is 0 Å². The third-order valence-corrected chi connectivity index (χ3v) is 3.66. The van der Waals surface area contributed by atoms with E-state index in [1.165, 1.54) is 0 Å². The highest BCUT2D eigenvalue weighted by Crippen LogP contribution is 2.26. The Kier molecular flexibility index (Phi) is 3.57. The lowest BCUT2D eigenvalue weighted by molar-refractivity contribution is 0.102. The monoisotopic (exact) mass is 319 g/mol. The summed E-state index contributed by atoms with van der Waals surface area (Å²) >= 11 is 12.0. The number of hydrogen-bond donors (Lipinski definition) is 1. The molecule has 1 amide bonds. The molecule has 1 N–H and O–H groups in total. The summed E-state index contributed by atoms with van der Waals surface area (Å²) in [6.07, 6.45) is 1.80. The third kappa shape index (κ3) is 2.60. The van der Waals surface area contributed by atoms with E-state index in [0.717, 1.165) is 5.65 Å². The van der Waals surface area contributed by atoms with Gasteiger partial charge in [-0.15, -0.1) is 0 Å². The molecule has 0 saturated carbocycles. The highest BCUT2D eigenvalue weighted by Gasteiger charge is 2.17. The van der Waals surface area contributed by atoms with Gasteiger partial charge in [-0.05, 0) is 37.3 Å². The van der Waals surface area contributed by atoms with Crippen molar-refractivity contribution in [3.8, 4) is 0 Å². The van der Waals surface area contributed by atoms with Crippen LogP contribution in [0.5, 0.6) is 0 Å². The average Bonchev–Trinajstić information content (AvgIpc) is 2.78. The molecular weight excluding hydrogens is 309 g/mol. The third-order valence-electron chi connectivity index (χ3n) is 3.10. The van der Waals surface area contributed by atoms with E-state index in [4.69, 9.17) is 23.2 Å². The first-order valence-corrected chi connectivity index (χ1v) is 7.02. The van der Waals surface area contributed by atoms with Gasteiger partial charge in [0.2, 0.25) is 0 Å². The maximum atomic E-state index is 12.5. The van der Waals surface area contributed by atoms with Crippen molar-refractivity contribution in [2.24, 2.45) is 0 Å². The number of anilines is 1. The Morgan fingerprint density at radius 3 is 2.86 bits per heavy atom. The number of nitrogens with one attached hydrogen (secondary N) is 1. The van der Waals surface area contributed by atoms with Crippen LogP contribution < -0.4 is 5.32 Å². The SMILES string of the molecule is Cc1nc2ccccn2c1C(=O)Nc1cc(Cl)ccc1Cl. The molecule has 0 saturated heterocycles. The Bertz CT molecular complexity index is 842. The average molecular weight is 320 g/mol. The maximum absolute atomic E-state index is 12.5. The van der Waals surface area contributed by atoms with Crippen LogP contribution in [0, 0.1) is 6.92 Å². The van der Waals surface area contributed by atoms with E-state index in [-0.39, 0.29) is 5.91 Å². The van der Waals surface area contributed by atoms with Crippen molar-refractivity contribution in [1.29, 1.82) is 0 Å². The fraction of sp³-hybridized carbons (Fsp3) is 0.0667. The molecule has 3 rings (SSSR count). The Morgan fingerprint density at radius 2 is 2.05 bits per heavy atom. The van der Waals surface area contributed by atoms with Gasteiger partial charge in [0, 0.05) is 11.2 Å². The quantitative estimate of drug-likeness (QED) is 0.769. The molecule has 0 atom stereocenters. The lowest BCUT2D eigenvalue weighted by Crippen LogP contribution is -2.15. The number of rotatable bonds is 2. The summed E-state index contributed by atoms with van der Waals surface area (Å²) in [5, 5.41) is 3.70. The summed E-state index contributed by atoms with van der Waals surface area (Å²) in [6.45, 7) is 1.79. The number of halogens is 2. The molecule has 0 bridgehead atoms. The molecule has 0 aliphatic carbocycles. The second-order valence-corrected chi connectivity index (χ2v) is 5.40. The van der Waals surface area contributed by atoms with Crippen LogP contribution in [0.2, 0.25) is 10.0 Å². The smallest absolute Gasteiger partial charge is 0.274 e. The summed E-state index contributed by atoms with van der Waals surface area (Å²) in [6, 6.07) is 10.5. The summed E-state index contributed by atoms with van der Waals surface area (Å²) < 4.78 is 1.74. The van der Waals surface area contributed by atoms with Crippen LogP contribution in [0.15, 0.2) is 42.6 Å². The van der Waals surface area contributed by atoms with Crippen molar-refractivity contribution in [3.05, 3.63) is 64.0 Å². The molecule has 4 nitrogen and oxygen atoms in total. The van der Waals surface area contributed by atoms with Crippen LogP contribution in [-0.2, 0) is 0 Å². The summed E-state index contributed by atoms with van der Waals surface area (Å²) in [5.74, 6) is -0.282. The predicted molar refractivity (Wildman–Crippen MR) is 84.3 cm³/mol. The van der Waals surface area contributed by atoms with Crippen LogP contribution in [0.1, 0.15) is 16.2 Å². The molecule has 1 aromatic carbocycles. The highest BCUT2D eigenvalue weighted by molar-refractivity contribution is 6.35. The number of pyridine rings is 1. The van der Waals surface area contributed by atoms with Gasteiger partial charge in [0.1, 0.15) is 11.3 Å². The number of benzene rings is 1. The van der Waals surface area contributed by atoms with Crippen molar-refractivity contribution >= 4 is 40.4 Å². The number of fused-ring (bicyclic) bond motifs is 1. The second-order valence-electron chi connectivity index (χ2n) is 4.55. The molecule has 0 unspecified atom stereocenters. The normalized spacial score (nSPS) is 10.8. The lowest BCUT2D eigenvalue weighted by Gasteiger charge is -2.08. The van der Waals surface area contributed by atoms with Gasteiger partial charge in [0.25, 0.3) is 5.91 Å². The van der Waals surface area contributed by atoms with Crippen LogP contribution >= 0.6 is 23.2 Å². The molecule has 106 valence electrons. The number of hydrogen-bond acceptors (Lipinski definition) is 2. The van der Waals surface area contributed by atoms with Crippen molar-refractivity contribution in [2.75, 3.05) is 5.32 Å². The maximum Gasteiger partial charge on any atom is 0.274 e. The summed E-state index contributed by atoms with van der Waals surface area (Å²) in [7, 11) is 0. The van der Waals surface area contributed by atoms with E-state index in [2.05, 4.69) is 10.3 Å². The van der Waals surface area contributed by atoms with E-state index in [1.807, 2.05) is 18.2 Å². The number of amides is 1. The largest absolute Gasteiger partial charge is 0.319 e. The van der Waals surface area contributed by atoms with E-state index < -0.39 is 0 Å². The number of nitrogens with zero attached hydrogens (tertiary/aromatic N) is 2. The molecule has 2 aromatic heterocycles. The van der Waals surface area contributed by atoms with E-state index in [0.29, 0.717) is 27.1 Å². The van der Waals surface area contributed by atoms with Gasteiger partial charge in [0.15, 0.2) is 0 Å². The molecular formula is C15H11Cl2N3O. The van der Waals surface area contributed by atoms with Crippen molar-refractivity contribution < 1.29 is 4.79 Å². The van der Waals surface area contributed by atoms with Crippen molar-refractivity contribution in [3.63, 3.8) is 0 Å². The molecule has 0 aliphatic heterocycles. The van der Waals surface area contributed by atoms with E-state index >= 15 is 0 Å². The Labute approximate surface area is 131 Å². The first-order chi connectivity index (χ1) is 10.1. The first kappa shape index (κ1) is 13.9. The molecule has 3 aromatic rings. The van der Waals surface area contributed by atoms with Gasteiger partial charge in [-0.3, -0.25) is 9.20 Å². The number of aryl methyl sites for hydroxylation is 1. The number of carbonyl (C=O) groups excluding carboxylic acids is 1. The Hall–Kier alpha value is -2.04. The van der Waals surface area contributed by atoms with Crippen molar-refractivity contribution in [2.45, 2.75) is 6.92 Å². The van der Waals surface area contributed by atoms with Crippen molar-refractivity contribution in [1.82, 2.24) is 9.38 Å². The number of aromatic nitrogens is 2. The first-order valence-electron chi connectivity index (χ1n) is 6.26. The molecule has 0 aliphatic rings. The molecule has 6 heteroatoms. The van der Waals surface area contributed by atoms with Gasteiger partial charge in [-0.25, -0.2) is 4.98 Å². The Morgan fingerprint density at radius 1 is 1.24 bits per heavy atom. The zero-order chi connectivity index (χ0) is 15.0. The standard InChI is InChI=1S/C15H11Cl2N3O/c1-9-14(20-7-3-2-4-13(20)18-9)15(21)19-12-8-10(16)5-6-11(12)17/h2-8H,1H3,(H,19,21). The molecule has 2 heterocycles. The van der Waals surface area contributed by atoms with E-state index in [1.54, 1.807) is 35.7 Å². The minimum absolute atomic E-state index is 0.282. The van der Waals surface area contributed by atoms with Gasteiger partial charge in [-0.2, -0.15) is 0 Å². The van der Waals surface area contributed by atoms with Gasteiger partial charge in [-0.1, -0.05) is 29.3 Å². The minimum atomic E-state index is -0.282. The summed E-state index contributed by atoms with van der Waals surface area (Å²) in [4.78, 5) is 16.9. The molecule has 0 radical (unpaired) electrons. The predicted octanol–water partition coefficient (Wildman–Crippen LogP) is 4.20. The zero-order valence-electron chi connectivity index (χ0n) is 11.1. The molecule has 0 spiro atoms. The second kappa shape index (κ2) is 5.39. The van der Waals surface area contributed by atoms with E-state index in [9.17, 15) is 4.79 Å². The highest BCUT2D eigenvalue weighted by atomic mass is 35.5. The number of imidazole rings is 1. The Balaban J connectivity index is 2.01. The minimum Gasteiger partial charge on any atom is -0.319 e.